The van der Waals surface area contributed by atoms with Crippen LogP contribution in [0.3, 0.4) is 0 Å². The minimum absolute atomic E-state index is 0. The van der Waals surface area contributed by atoms with Gasteiger partial charge in [0.25, 0.3) is 0 Å². The zero-order chi connectivity index (χ0) is 17.1. The lowest BCUT2D eigenvalue weighted by atomic mass is 10.1. The van der Waals surface area contributed by atoms with Gasteiger partial charge < -0.3 is 10.2 Å². The van der Waals surface area contributed by atoms with E-state index in [0.29, 0.717) is 12.0 Å². The second-order valence-corrected chi connectivity index (χ2v) is 7.93. The van der Waals surface area contributed by atoms with Crippen LogP contribution >= 0.6 is 35.3 Å². The van der Waals surface area contributed by atoms with Crippen molar-refractivity contribution >= 4 is 41.3 Å². The Kier molecular flexibility index (Phi) is 6.94. The molecule has 140 valence electrons. The van der Waals surface area contributed by atoms with E-state index in [9.17, 15) is 0 Å². The van der Waals surface area contributed by atoms with E-state index in [2.05, 4.69) is 68.0 Å². The van der Waals surface area contributed by atoms with Crippen molar-refractivity contribution in [1.29, 1.82) is 0 Å². The summed E-state index contributed by atoms with van der Waals surface area (Å²) in [6.45, 7) is 5.38. The lowest BCUT2D eigenvalue weighted by Gasteiger charge is -2.36. The molecule has 2 heterocycles. The zero-order valence-corrected chi connectivity index (χ0v) is 18.3. The van der Waals surface area contributed by atoms with Gasteiger partial charge in [-0.25, -0.2) is 0 Å². The number of guanidine groups is 1. The maximum absolute atomic E-state index is 4.54. The lowest BCUT2D eigenvalue weighted by molar-refractivity contribution is 0.173. The fourth-order valence-corrected chi connectivity index (χ4v) is 4.37. The SMILES string of the molecule is CN=C(NC1CC1c1ccccc1)N1CCN(Cc2cccs2)CC1.I. The number of piperazine rings is 1. The molecule has 2 fully saturated rings. The second kappa shape index (κ2) is 9.19. The molecule has 1 saturated heterocycles. The van der Waals surface area contributed by atoms with Gasteiger partial charge in [-0.2, -0.15) is 0 Å². The molecular formula is C20H27IN4S. The van der Waals surface area contributed by atoms with E-state index in [1.807, 2.05) is 18.4 Å². The molecular weight excluding hydrogens is 455 g/mol. The average molecular weight is 482 g/mol. The molecule has 1 aromatic heterocycles. The molecule has 2 aliphatic rings. The Balaban J connectivity index is 0.00000196. The molecule has 2 aromatic rings. The largest absolute Gasteiger partial charge is 0.353 e. The van der Waals surface area contributed by atoms with Crippen LogP contribution in [0.4, 0.5) is 0 Å². The minimum Gasteiger partial charge on any atom is -0.353 e. The monoisotopic (exact) mass is 482 g/mol. The molecule has 6 heteroatoms. The van der Waals surface area contributed by atoms with Gasteiger partial charge in [-0.3, -0.25) is 9.89 Å². The number of benzene rings is 1. The van der Waals surface area contributed by atoms with Gasteiger partial charge in [-0.15, -0.1) is 35.3 Å². The maximum atomic E-state index is 4.54. The number of rotatable bonds is 4. The van der Waals surface area contributed by atoms with Crippen molar-refractivity contribution in [2.45, 2.75) is 24.9 Å². The number of aliphatic imine (C=N–C) groups is 1. The Hall–Kier alpha value is -1.12. The van der Waals surface area contributed by atoms with E-state index >= 15 is 0 Å². The average Bonchev–Trinajstić information content (AvgIpc) is 3.25. The summed E-state index contributed by atoms with van der Waals surface area (Å²) < 4.78 is 0. The number of thiophene rings is 1. The number of nitrogens with one attached hydrogen (secondary N) is 1. The standard InChI is InChI=1S/C20H26N4S.HI/c1-21-20(22-19-14-18(19)16-6-3-2-4-7-16)24-11-9-23(10-12-24)15-17-8-5-13-25-17;/h2-8,13,18-19H,9-12,14-15H2,1H3,(H,21,22);1H. The van der Waals surface area contributed by atoms with Crippen molar-refractivity contribution in [2.24, 2.45) is 4.99 Å². The molecule has 26 heavy (non-hydrogen) atoms. The quantitative estimate of drug-likeness (QED) is 0.411. The molecule has 0 bridgehead atoms. The first-order valence-electron chi connectivity index (χ1n) is 9.11. The Morgan fingerprint density at radius 1 is 1.12 bits per heavy atom. The molecule has 1 aliphatic heterocycles. The molecule has 0 spiro atoms. The summed E-state index contributed by atoms with van der Waals surface area (Å²) in [6, 6.07) is 15.7. The first-order chi connectivity index (χ1) is 12.3. The molecule has 1 saturated carbocycles. The zero-order valence-electron chi connectivity index (χ0n) is 15.2. The molecule has 4 rings (SSSR count). The van der Waals surface area contributed by atoms with Gasteiger partial charge in [0.2, 0.25) is 0 Å². The molecule has 1 N–H and O–H groups in total. The fraction of sp³-hybridized carbons (Fsp3) is 0.450. The topological polar surface area (TPSA) is 30.9 Å². The van der Waals surface area contributed by atoms with Crippen LogP contribution < -0.4 is 5.32 Å². The van der Waals surface area contributed by atoms with E-state index in [0.717, 1.165) is 38.7 Å². The van der Waals surface area contributed by atoms with Gasteiger partial charge in [0.15, 0.2) is 5.96 Å². The van der Waals surface area contributed by atoms with Crippen molar-refractivity contribution in [3.63, 3.8) is 0 Å². The van der Waals surface area contributed by atoms with Crippen molar-refractivity contribution in [3.05, 3.63) is 58.3 Å². The summed E-state index contributed by atoms with van der Waals surface area (Å²) in [7, 11) is 1.90. The summed E-state index contributed by atoms with van der Waals surface area (Å²) in [5.41, 5.74) is 1.44. The minimum atomic E-state index is 0. The highest BCUT2D eigenvalue weighted by Crippen LogP contribution is 2.40. The van der Waals surface area contributed by atoms with Gasteiger partial charge in [-0.05, 0) is 23.4 Å². The molecule has 1 aliphatic carbocycles. The second-order valence-electron chi connectivity index (χ2n) is 6.89. The van der Waals surface area contributed by atoms with Crippen LogP contribution in [0.1, 0.15) is 22.8 Å². The van der Waals surface area contributed by atoms with Crippen LogP contribution in [-0.4, -0.2) is 55.0 Å². The third-order valence-electron chi connectivity index (χ3n) is 5.18. The highest BCUT2D eigenvalue weighted by atomic mass is 127. The third-order valence-corrected chi connectivity index (χ3v) is 6.04. The van der Waals surface area contributed by atoms with Crippen LogP contribution in [0.2, 0.25) is 0 Å². The smallest absolute Gasteiger partial charge is 0.193 e. The third kappa shape index (κ3) is 4.78. The highest BCUT2D eigenvalue weighted by Gasteiger charge is 2.39. The summed E-state index contributed by atoms with van der Waals surface area (Å²) >= 11 is 1.85. The molecule has 2 atom stereocenters. The normalized spacial score (nSPS) is 23.4. The Bertz CT molecular complexity index is 696. The fourth-order valence-electron chi connectivity index (χ4n) is 3.63. The van der Waals surface area contributed by atoms with Crippen LogP contribution in [0.5, 0.6) is 0 Å². The van der Waals surface area contributed by atoms with Crippen LogP contribution in [0.15, 0.2) is 52.8 Å². The van der Waals surface area contributed by atoms with Crippen LogP contribution in [0.25, 0.3) is 0 Å². The Morgan fingerprint density at radius 2 is 1.88 bits per heavy atom. The predicted octanol–water partition coefficient (Wildman–Crippen LogP) is 3.62. The summed E-state index contributed by atoms with van der Waals surface area (Å²) in [4.78, 5) is 10.9. The van der Waals surface area contributed by atoms with Gasteiger partial charge in [0.1, 0.15) is 0 Å². The number of nitrogens with zero attached hydrogens (tertiary/aromatic N) is 3. The molecule has 1 aromatic carbocycles. The highest BCUT2D eigenvalue weighted by molar-refractivity contribution is 14.0. The predicted molar refractivity (Wildman–Crippen MR) is 121 cm³/mol. The molecule has 0 radical (unpaired) electrons. The first kappa shape index (κ1) is 19.6. The summed E-state index contributed by atoms with van der Waals surface area (Å²) in [6.07, 6.45) is 1.21. The number of hydrogen-bond acceptors (Lipinski definition) is 3. The van der Waals surface area contributed by atoms with Crippen molar-refractivity contribution in [3.8, 4) is 0 Å². The van der Waals surface area contributed by atoms with E-state index in [1.165, 1.54) is 16.9 Å². The Morgan fingerprint density at radius 3 is 2.54 bits per heavy atom. The first-order valence-corrected chi connectivity index (χ1v) is 9.99. The van der Waals surface area contributed by atoms with Crippen LogP contribution in [-0.2, 0) is 6.54 Å². The van der Waals surface area contributed by atoms with Crippen molar-refractivity contribution in [2.75, 3.05) is 33.2 Å². The molecule has 2 unspecified atom stereocenters. The van der Waals surface area contributed by atoms with Gasteiger partial charge >= 0.3 is 0 Å². The van der Waals surface area contributed by atoms with E-state index in [4.69, 9.17) is 0 Å². The van der Waals surface area contributed by atoms with Gasteiger partial charge in [-0.1, -0.05) is 36.4 Å². The number of halogens is 1. The maximum Gasteiger partial charge on any atom is 0.193 e. The van der Waals surface area contributed by atoms with Crippen molar-refractivity contribution < 1.29 is 0 Å². The molecule has 4 nitrogen and oxygen atoms in total. The van der Waals surface area contributed by atoms with E-state index in [1.54, 1.807) is 0 Å². The van der Waals surface area contributed by atoms with Crippen molar-refractivity contribution in [1.82, 2.24) is 15.1 Å². The molecule has 0 amide bonds. The summed E-state index contributed by atoms with van der Waals surface area (Å²) in [5, 5.41) is 5.84. The van der Waals surface area contributed by atoms with Gasteiger partial charge in [0.05, 0.1) is 0 Å². The van der Waals surface area contributed by atoms with Gasteiger partial charge in [0, 0.05) is 56.6 Å². The van der Waals surface area contributed by atoms with Crippen LogP contribution in [0, 0.1) is 0 Å². The summed E-state index contributed by atoms with van der Waals surface area (Å²) in [5.74, 6) is 1.71. The van der Waals surface area contributed by atoms with E-state index in [-0.39, 0.29) is 24.0 Å². The lowest BCUT2D eigenvalue weighted by Crippen LogP contribution is -2.52. The Labute approximate surface area is 177 Å². The number of hydrogen-bond donors (Lipinski definition) is 1. The van der Waals surface area contributed by atoms with E-state index < -0.39 is 0 Å².